The molecule has 0 radical (unpaired) electrons. The summed E-state index contributed by atoms with van der Waals surface area (Å²) in [6.07, 6.45) is 1.15. The third-order valence-corrected chi connectivity index (χ3v) is 4.47. The lowest BCUT2D eigenvalue weighted by Crippen LogP contribution is -2.02. The number of aryl methyl sites for hydroxylation is 1. The van der Waals surface area contributed by atoms with Gasteiger partial charge < -0.3 is 5.73 Å². The van der Waals surface area contributed by atoms with Crippen LogP contribution in [0.25, 0.3) is 11.3 Å². The molecular weight excluding hydrogens is 262 g/mol. The number of sulfone groups is 1. The van der Waals surface area contributed by atoms with Crippen molar-refractivity contribution in [3.8, 4) is 11.3 Å². The van der Waals surface area contributed by atoms with Gasteiger partial charge in [0.15, 0.2) is 9.84 Å². The Hall–Kier alpha value is -1.82. The molecule has 0 aliphatic carbocycles. The van der Waals surface area contributed by atoms with Crippen molar-refractivity contribution in [1.82, 2.24) is 9.78 Å². The van der Waals surface area contributed by atoms with E-state index in [0.717, 1.165) is 28.8 Å². The maximum atomic E-state index is 11.7. The van der Waals surface area contributed by atoms with Crippen LogP contribution < -0.4 is 5.73 Å². The first-order valence-corrected chi connectivity index (χ1v) is 7.71. The van der Waals surface area contributed by atoms with Gasteiger partial charge in [-0.2, -0.15) is 5.10 Å². The first-order chi connectivity index (χ1) is 8.71. The molecule has 0 saturated carbocycles. The molecule has 0 bridgehead atoms. The van der Waals surface area contributed by atoms with E-state index in [9.17, 15) is 8.42 Å². The number of nitrogen functional groups attached to an aromatic ring is 1. The zero-order valence-corrected chi connectivity index (χ0v) is 12.2. The minimum atomic E-state index is -3.34. The molecule has 0 spiro atoms. The van der Waals surface area contributed by atoms with Crippen molar-refractivity contribution >= 4 is 15.5 Å². The first kappa shape index (κ1) is 13.6. The molecule has 5 nitrogen and oxygen atoms in total. The molecule has 0 amide bonds. The Kier molecular flexibility index (Phi) is 3.14. The van der Waals surface area contributed by atoms with Crippen LogP contribution >= 0.6 is 0 Å². The van der Waals surface area contributed by atoms with Crippen LogP contribution in [0.15, 0.2) is 23.1 Å². The van der Waals surface area contributed by atoms with Crippen LogP contribution in [0.3, 0.4) is 0 Å². The van der Waals surface area contributed by atoms with Crippen LogP contribution in [-0.4, -0.2) is 24.5 Å². The Morgan fingerprint density at radius 2 is 1.89 bits per heavy atom. The van der Waals surface area contributed by atoms with Crippen molar-refractivity contribution in [1.29, 1.82) is 0 Å². The van der Waals surface area contributed by atoms with Gasteiger partial charge in [0.1, 0.15) is 0 Å². The zero-order valence-electron chi connectivity index (χ0n) is 11.4. The average Bonchev–Trinajstić information content (AvgIpc) is 2.56. The third-order valence-electron chi connectivity index (χ3n) is 3.32. The minimum absolute atomic E-state index is 0.146. The van der Waals surface area contributed by atoms with E-state index in [0.29, 0.717) is 0 Å². The number of nitrogens with two attached hydrogens (primary N) is 1. The largest absolute Gasteiger partial charge is 0.398 e. The average molecular weight is 279 g/mol. The lowest BCUT2D eigenvalue weighted by molar-refractivity contribution is 0.602. The summed E-state index contributed by atoms with van der Waals surface area (Å²) in [7, 11) is -1.48. The van der Waals surface area contributed by atoms with Crippen molar-refractivity contribution in [2.45, 2.75) is 18.7 Å². The summed E-state index contributed by atoms with van der Waals surface area (Å²) in [5.74, 6) is 0. The summed E-state index contributed by atoms with van der Waals surface area (Å²) in [6, 6.07) is 4.98. The highest BCUT2D eigenvalue weighted by atomic mass is 32.2. The molecule has 0 unspecified atom stereocenters. The second-order valence-electron chi connectivity index (χ2n) is 4.71. The van der Waals surface area contributed by atoms with Crippen molar-refractivity contribution in [2.75, 3.05) is 12.0 Å². The molecule has 0 fully saturated rings. The minimum Gasteiger partial charge on any atom is -0.398 e. The molecule has 19 heavy (non-hydrogen) atoms. The molecule has 1 aromatic heterocycles. The number of aromatic nitrogens is 2. The maximum Gasteiger partial charge on any atom is 0.177 e. The summed E-state index contributed by atoms with van der Waals surface area (Å²) in [6.45, 7) is 3.94. The SMILES string of the molecule is Cc1c(-c2ccc(N)c(S(C)(=O)=O)c2)nn(C)c1C. The molecule has 0 atom stereocenters. The zero-order chi connectivity index (χ0) is 14.4. The molecule has 0 aliphatic heterocycles. The van der Waals surface area contributed by atoms with Gasteiger partial charge in [-0.25, -0.2) is 8.42 Å². The summed E-state index contributed by atoms with van der Waals surface area (Å²) >= 11 is 0. The van der Waals surface area contributed by atoms with E-state index in [1.165, 1.54) is 0 Å². The van der Waals surface area contributed by atoms with Crippen molar-refractivity contribution < 1.29 is 8.42 Å². The highest BCUT2D eigenvalue weighted by Gasteiger charge is 2.16. The van der Waals surface area contributed by atoms with Crippen molar-refractivity contribution in [3.05, 3.63) is 29.5 Å². The van der Waals surface area contributed by atoms with E-state index in [1.54, 1.807) is 22.9 Å². The highest BCUT2D eigenvalue weighted by Crippen LogP contribution is 2.28. The van der Waals surface area contributed by atoms with E-state index in [4.69, 9.17) is 5.73 Å². The molecular formula is C13H17N3O2S. The number of hydrogen-bond acceptors (Lipinski definition) is 4. The topological polar surface area (TPSA) is 78.0 Å². The van der Waals surface area contributed by atoms with Gasteiger partial charge in [0.25, 0.3) is 0 Å². The second kappa shape index (κ2) is 4.38. The van der Waals surface area contributed by atoms with Gasteiger partial charge in [-0.05, 0) is 31.5 Å². The number of benzene rings is 1. The normalized spacial score (nSPS) is 11.8. The Labute approximate surface area is 113 Å². The van der Waals surface area contributed by atoms with Crippen LogP contribution in [0, 0.1) is 13.8 Å². The number of anilines is 1. The van der Waals surface area contributed by atoms with Gasteiger partial charge in [0.05, 0.1) is 16.3 Å². The summed E-state index contributed by atoms with van der Waals surface area (Å²) < 4.78 is 25.2. The van der Waals surface area contributed by atoms with Gasteiger partial charge in [0.2, 0.25) is 0 Å². The fraction of sp³-hybridized carbons (Fsp3) is 0.308. The summed E-state index contributed by atoms with van der Waals surface area (Å²) in [5.41, 5.74) is 9.61. The molecule has 2 N–H and O–H groups in total. The van der Waals surface area contributed by atoms with Crippen LogP contribution in [0.2, 0.25) is 0 Å². The van der Waals surface area contributed by atoms with Crippen LogP contribution in [0.4, 0.5) is 5.69 Å². The van der Waals surface area contributed by atoms with Crippen molar-refractivity contribution in [2.24, 2.45) is 7.05 Å². The predicted molar refractivity (Wildman–Crippen MR) is 75.6 cm³/mol. The monoisotopic (exact) mass is 279 g/mol. The van der Waals surface area contributed by atoms with Gasteiger partial charge in [-0.15, -0.1) is 0 Å². The fourth-order valence-electron chi connectivity index (χ4n) is 1.99. The summed E-state index contributed by atoms with van der Waals surface area (Å²) in [4.78, 5) is 0.146. The molecule has 6 heteroatoms. The van der Waals surface area contributed by atoms with Gasteiger partial charge in [-0.3, -0.25) is 4.68 Å². The smallest absolute Gasteiger partial charge is 0.177 e. The van der Waals surface area contributed by atoms with E-state index in [-0.39, 0.29) is 10.6 Å². The lowest BCUT2D eigenvalue weighted by atomic mass is 10.1. The number of rotatable bonds is 2. The van der Waals surface area contributed by atoms with Crippen LogP contribution in [-0.2, 0) is 16.9 Å². The molecule has 2 aromatic rings. The Morgan fingerprint density at radius 3 is 2.37 bits per heavy atom. The standard InChI is InChI=1S/C13H17N3O2S/c1-8-9(2)16(3)15-13(8)10-5-6-11(14)12(7-10)19(4,17)18/h5-7H,14H2,1-4H3. The first-order valence-electron chi connectivity index (χ1n) is 5.82. The Morgan fingerprint density at radius 1 is 1.26 bits per heavy atom. The fourth-order valence-corrected chi connectivity index (χ4v) is 2.83. The van der Waals surface area contributed by atoms with Crippen LogP contribution in [0.5, 0.6) is 0 Å². The molecule has 0 saturated heterocycles. The summed E-state index contributed by atoms with van der Waals surface area (Å²) in [5, 5.41) is 4.41. The number of hydrogen-bond donors (Lipinski definition) is 1. The van der Waals surface area contributed by atoms with Gasteiger partial charge >= 0.3 is 0 Å². The molecule has 1 heterocycles. The van der Waals surface area contributed by atoms with E-state index >= 15 is 0 Å². The Bertz CT molecular complexity index is 745. The van der Waals surface area contributed by atoms with E-state index in [2.05, 4.69) is 5.10 Å². The quantitative estimate of drug-likeness (QED) is 0.849. The van der Waals surface area contributed by atoms with Gasteiger partial charge in [0, 0.05) is 24.6 Å². The highest BCUT2D eigenvalue weighted by molar-refractivity contribution is 7.90. The van der Waals surface area contributed by atoms with E-state index in [1.807, 2.05) is 20.9 Å². The lowest BCUT2D eigenvalue weighted by Gasteiger charge is -2.06. The predicted octanol–water partition coefficient (Wildman–Crippen LogP) is 1.69. The van der Waals surface area contributed by atoms with Gasteiger partial charge in [-0.1, -0.05) is 6.07 Å². The molecule has 102 valence electrons. The molecule has 0 aliphatic rings. The Balaban J connectivity index is 2.68. The molecule has 2 rings (SSSR count). The molecule has 1 aromatic carbocycles. The van der Waals surface area contributed by atoms with E-state index < -0.39 is 9.84 Å². The maximum absolute atomic E-state index is 11.7. The third kappa shape index (κ3) is 2.35. The second-order valence-corrected chi connectivity index (χ2v) is 6.69. The van der Waals surface area contributed by atoms with Crippen molar-refractivity contribution in [3.63, 3.8) is 0 Å². The number of nitrogens with zero attached hydrogens (tertiary/aromatic N) is 2. The van der Waals surface area contributed by atoms with Crippen LogP contribution in [0.1, 0.15) is 11.3 Å².